The minimum absolute atomic E-state index is 0.331. The Kier molecular flexibility index (Phi) is 6.03. The molecule has 0 aliphatic rings. The molecule has 0 heterocycles. The molecule has 0 aliphatic heterocycles. The zero-order valence-electron chi connectivity index (χ0n) is 13.5. The van der Waals surface area contributed by atoms with Crippen LogP contribution in [0.15, 0.2) is 41.5 Å². The second-order valence-corrected chi connectivity index (χ2v) is 5.10. The van der Waals surface area contributed by atoms with Gasteiger partial charge in [0.1, 0.15) is 0 Å². The molecule has 0 saturated carbocycles. The lowest BCUT2D eigenvalue weighted by Crippen LogP contribution is -2.18. The Morgan fingerprint density at radius 3 is 2.12 bits per heavy atom. The number of nitrogens with zero attached hydrogens (tertiary/aromatic N) is 1. The van der Waals surface area contributed by atoms with Crippen molar-refractivity contribution in [2.24, 2.45) is 5.10 Å². The highest BCUT2D eigenvalue weighted by atomic mass is 35.5. The van der Waals surface area contributed by atoms with E-state index in [0.29, 0.717) is 27.8 Å². The van der Waals surface area contributed by atoms with Crippen LogP contribution in [-0.4, -0.2) is 33.5 Å². The van der Waals surface area contributed by atoms with Crippen LogP contribution in [0.5, 0.6) is 17.2 Å². The summed E-state index contributed by atoms with van der Waals surface area (Å²) in [6, 6.07) is 10.2. The van der Waals surface area contributed by atoms with Crippen LogP contribution in [0.3, 0.4) is 0 Å². The maximum Gasteiger partial charge on any atom is 0.271 e. The second-order valence-electron chi connectivity index (χ2n) is 4.66. The van der Waals surface area contributed by atoms with Gasteiger partial charge in [0.15, 0.2) is 11.5 Å². The molecule has 0 aromatic heterocycles. The van der Waals surface area contributed by atoms with Crippen molar-refractivity contribution in [2.75, 3.05) is 21.3 Å². The number of rotatable bonds is 6. The Balaban J connectivity index is 2.15. The van der Waals surface area contributed by atoms with E-state index < -0.39 is 5.91 Å². The fourth-order valence-corrected chi connectivity index (χ4v) is 2.12. The number of amides is 1. The molecule has 126 valence electrons. The molecular formula is C17H17ClN2O4. The predicted molar refractivity (Wildman–Crippen MR) is 92.6 cm³/mol. The molecule has 2 aromatic rings. The van der Waals surface area contributed by atoms with E-state index in [-0.39, 0.29) is 0 Å². The lowest BCUT2D eigenvalue weighted by Gasteiger charge is -2.13. The quantitative estimate of drug-likeness (QED) is 0.643. The van der Waals surface area contributed by atoms with Crippen molar-refractivity contribution in [1.82, 2.24) is 5.43 Å². The number of ether oxygens (including phenoxy) is 3. The number of nitrogens with one attached hydrogen (secondary N) is 1. The third kappa shape index (κ3) is 4.17. The molecule has 0 unspecified atom stereocenters. The van der Waals surface area contributed by atoms with Gasteiger partial charge >= 0.3 is 0 Å². The lowest BCUT2D eigenvalue weighted by atomic mass is 10.1. The highest BCUT2D eigenvalue weighted by Crippen LogP contribution is 2.38. The first-order valence-electron chi connectivity index (χ1n) is 6.98. The first-order valence-corrected chi connectivity index (χ1v) is 7.35. The van der Waals surface area contributed by atoms with Gasteiger partial charge in [0, 0.05) is 10.6 Å². The molecule has 0 fully saturated rings. The summed E-state index contributed by atoms with van der Waals surface area (Å²) in [5.41, 5.74) is 3.59. The zero-order chi connectivity index (χ0) is 17.5. The molecule has 1 N–H and O–H groups in total. The lowest BCUT2D eigenvalue weighted by molar-refractivity contribution is 0.0954. The molecule has 1 amide bonds. The fourth-order valence-electron chi connectivity index (χ4n) is 1.99. The van der Waals surface area contributed by atoms with Gasteiger partial charge in [-0.1, -0.05) is 23.7 Å². The third-order valence-electron chi connectivity index (χ3n) is 3.18. The van der Waals surface area contributed by atoms with Gasteiger partial charge in [-0.25, -0.2) is 5.43 Å². The van der Waals surface area contributed by atoms with E-state index in [4.69, 9.17) is 25.8 Å². The monoisotopic (exact) mass is 348 g/mol. The summed E-state index contributed by atoms with van der Waals surface area (Å²) < 4.78 is 15.7. The Bertz CT molecular complexity index is 720. The number of methoxy groups -OCH3 is 3. The van der Waals surface area contributed by atoms with Crippen molar-refractivity contribution < 1.29 is 19.0 Å². The van der Waals surface area contributed by atoms with E-state index in [2.05, 4.69) is 10.5 Å². The minimum Gasteiger partial charge on any atom is -0.493 e. The van der Waals surface area contributed by atoms with Gasteiger partial charge in [-0.2, -0.15) is 5.10 Å². The highest BCUT2D eigenvalue weighted by molar-refractivity contribution is 6.30. The largest absolute Gasteiger partial charge is 0.493 e. The number of hydrazone groups is 1. The van der Waals surface area contributed by atoms with Gasteiger partial charge in [-0.3, -0.25) is 4.79 Å². The zero-order valence-corrected chi connectivity index (χ0v) is 14.3. The Hall–Kier alpha value is -2.73. The smallest absolute Gasteiger partial charge is 0.271 e. The SMILES string of the molecule is COc1cc(C(=O)N/N=C\c2ccc(Cl)cc2)cc(OC)c1OC. The minimum atomic E-state index is -0.403. The summed E-state index contributed by atoms with van der Waals surface area (Å²) in [4.78, 5) is 12.2. The number of halogens is 1. The predicted octanol–water partition coefficient (Wildman–Crippen LogP) is 3.13. The summed E-state index contributed by atoms with van der Waals surface area (Å²) in [6.07, 6.45) is 1.52. The van der Waals surface area contributed by atoms with E-state index in [9.17, 15) is 4.79 Å². The molecule has 2 aromatic carbocycles. The van der Waals surface area contributed by atoms with E-state index in [1.807, 2.05) is 0 Å². The number of hydrogen-bond donors (Lipinski definition) is 1. The van der Waals surface area contributed by atoms with Crippen LogP contribution in [0.4, 0.5) is 0 Å². The Morgan fingerprint density at radius 1 is 1.04 bits per heavy atom. The van der Waals surface area contributed by atoms with E-state index >= 15 is 0 Å². The summed E-state index contributed by atoms with van der Waals surface area (Å²) in [7, 11) is 4.46. The molecule has 7 heteroatoms. The summed E-state index contributed by atoms with van der Waals surface area (Å²) >= 11 is 5.81. The summed E-state index contributed by atoms with van der Waals surface area (Å²) in [5.74, 6) is 0.799. The Labute approximate surface area is 145 Å². The average molecular weight is 349 g/mol. The van der Waals surface area contributed by atoms with Crippen molar-refractivity contribution in [3.8, 4) is 17.2 Å². The molecule has 0 atom stereocenters. The molecule has 0 aliphatic carbocycles. The molecule has 2 rings (SSSR count). The average Bonchev–Trinajstić information content (AvgIpc) is 2.61. The van der Waals surface area contributed by atoms with Gasteiger partial charge in [0.05, 0.1) is 27.5 Å². The number of carbonyl (C=O) groups excluding carboxylic acids is 1. The van der Waals surface area contributed by atoms with Crippen molar-refractivity contribution in [3.63, 3.8) is 0 Å². The standard InChI is InChI=1S/C17H17ClN2O4/c1-22-14-8-12(9-15(23-2)16(14)24-3)17(21)20-19-10-11-4-6-13(18)7-5-11/h4-10H,1-3H3,(H,20,21)/b19-10-. The summed E-state index contributed by atoms with van der Waals surface area (Å²) in [5, 5.41) is 4.55. The van der Waals surface area contributed by atoms with Crippen molar-refractivity contribution in [1.29, 1.82) is 0 Å². The van der Waals surface area contributed by atoms with Crippen LogP contribution in [0.2, 0.25) is 5.02 Å². The molecule has 0 bridgehead atoms. The van der Waals surface area contributed by atoms with Crippen LogP contribution in [0, 0.1) is 0 Å². The van der Waals surface area contributed by atoms with Crippen molar-refractivity contribution in [3.05, 3.63) is 52.5 Å². The van der Waals surface area contributed by atoms with Crippen molar-refractivity contribution in [2.45, 2.75) is 0 Å². The number of carbonyl (C=O) groups is 1. The van der Waals surface area contributed by atoms with Crippen LogP contribution < -0.4 is 19.6 Å². The van der Waals surface area contributed by atoms with Crippen LogP contribution in [0.1, 0.15) is 15.9 Å². The number of hydrogen-bond acceptors (Lipinski definition) is 5. The normalized spacial score (nSPS) is 10.5. The van der Waals surface area contributed by atoms with Gasteiger partial charge < -0.3 is 14.2 Å². The maximum atomic E-state index is 12.2. The first kappa shape index (κ1) is 17.6. The molecule has 0 saturated heterocycles. The molecule has 6 nitrogen and oxygen atoms in total. The van der Waals surface area contributed by atoms with Gasteiger partial charge in [0.25, 0.3) is 5.91 Å². The highest BCUT2D eigenvalue weighted by Gasteiger charge is 2.16. The van der Waals surface area contributed by atoms with Gasteiger partial charge in [0.2, 0.25) is 5.75 Å². The van der Waals surface area contributed by atoms with Crippen molar-refractivity contribution >= 4 is 23.7 Å². The van der Waals surface area contributed by atoms with Gasteiger partial charge in [-0.15, -0.1) is 0 Å². The molecule has 0 radical (unpaired) electrons. The van der Waals surface area contributed by atoms with E-state index in [1.165, 1.54) is 27.5 Å². The fraction of sp³-hybridized carbons (Fsp3) is 0.176. The van der Waals surface area contributed by atoms with E-state index in [0.717, 1.165) is 5.56 Å². The van der Waals surface area contributed by atoms with Gasteiger partial charge in [-0.05, 0) is 29.8 Å². The summed E-state index contributed by atoms with van der Waals surface area (Å²) in [6.45, 7) is 0. The molecule has 0 spiro atoms. The molecular weight excluding hydrogens is 332 g/mol. The van der Waals surface area contributed by atoms with E-state index in [1.54, 1.807) is 36.4 Å². The van der Waals surface area contributed by atoms with Crippen LogP contribution >= 0.6 is 11.6 Å². The first-order chi connectivity index (χ1) is 11.6. The number of benzene rings is 2. The Morgan fingerprint density at radius 2 is 1.62 bits per heavy atom. The third-order valence-corrected chi connectivity index (χ3v) is 3.43. The molecule has 24 heavy (non-hydrogen) atoms. The topological polar surface area (TPSA) is 69.2 Å². The van der Waals surface area contributed by atoms with Crippen LogP contribution in [0.25, 0.3) is 0 Å². The second kappa shape index (κ2) is 8.21. The maximum absolute atomic E-state index is 12.2. The van der Waals surface area contributed by atoms with Crippen LogP contribution in [-0.2, 0) is 0 Å².